The number of aryl methyl sites for hydroxylation is 1. The van der Waals surface area contributed by atoms with E-state index in [1.54, 1.807) is 0 Å². The summed E-state index contributed by atoms with van der Waals surface area (Å²) in [6.07, 6.45) is 3.69. The zero-order valence-electron chi connectivity index (χ0n) is 19.5. The van der Waals surface area contributed by atoms with E-state index >= 15 is 0 Å². The SMILES string of the molecule is C/C(F)=C/Sc1c2n(c3cc(F)cc(C(C)C)c13)CCC2CC(=O)O.C=CCC.CC. The number of fused-ring (bicyclic) bond motifs is 3. The fourth-order valence-electron chi connectivity index (χ4n) is 3.65. The maximum absolute atomic E-state index is 14.2. The van der Waals surface area contributed by atoms with Gasteiger partial charge in [-0.3, -0.25) is 4.79 Å². The van der Waals surface area contributed by atoms with Gasteiger partial charge in [-0.1, -0.05) is 52.5 Å². The second-order valence-electron chi connectivity index (χ2n) is 7.51. The number of hydrogen-bond donors (Lipinski definition) is 1. The van der Waals surface area contributed by atoms with Crippen LogP contribution >= 0.6 is 11.8 Å². The van der Waals surface area contributed by atoms with Crippen LogP contribution in [0.25, 0.3) is 10.9 Å². The van der Waals surface area contributed by atoms with Gasteiger partial charge in [0.1, 0.15) is 11.6 Å². The molecule has 31 heavy (non-hydrogen) atoms. The summed E-state index contributed by atoms with van der Waals surface area (Å²) in [6.45, 7) is 15.6. The molecule has 2 heterocycles. The summed E-state index contributed by atoms with van der Waals surface area (Å²) in [5.74, 6) is -1.49. The van der Waals surface area contributed by atoms with Crippen molar-refractivity contribution in [2.24, 2.45) is 0 Å². The Balaban J connectivity index is 0.000000720. The molecule has 1 aromatic carbocycles. The molecular weight excluding hydrogens is 416 g/mol. The Hall–Kier alpha value is -2.08. The van der Waals surface area contributed by atoms with E-state index in [-0.39, 0.29) is 29.9 Å². The van der Waals surface area contributed by atoms with E-state index in [0.29, 0.717) is 13.0 Å². The van der Waals surface area contributed by atoms with Gasteiger partial charge in [-0.25, -0.2) is 8.78 Å². The van der Waals surface area contributed by atoms with Crippen molar-refractivity contribution in [3.8, 4) is 0 Å². The van der Waals surface area contributed by atoms with Crippen LogP contribution in [0.5, 0.6) is 0 Å². The highest BCUT2D eigenvalue weighted by Gasteiger charge is 2.32. The Morgan fingerprint density at radius 2 is 2.00 bits per heavy atom. The number of hydrogen-bond acceptors (Lipinski definition) is 2. The summed E-state index contributed by atoms with van der Waals surface area (Å²) in [5, 5.41) is 11.6. The number of benzene rings is 1. The number of rotatable bonds is 6. The lowest BCUT2D eigenvalue weighted by Crippen LogP contribution is -2.04. The van der Waals surface area contributed by atoms with Crippen molar-refractivity contribution in [3.63, 3.8) is 0 Å². The van der Waals surface area contributed by atoms with Gasteiger partial charge in [0.15, 0.2) is 0 Å². The third-order valence-corrected chi connectivity index (χ3v) is 6.00. The molecule has 172 valence electrons. The predicted molar refractivity (Wildman–Crippen MR) is 128 cm³/mol. The number of carbonyl (C=O) groups is 1. The molecule has 0 bridgehead atoms. The van der Waals surface area contributed by atoms with Gasteiger partial charge in [-0.15, -0.1) is 6.58 Å². The van der Waals surface area contributed by atoms with Crippen LogP contribution in [-0.2, 0) is 11.3 Å². The van der Waals surface area contributed by atoms with Crippen LogP contribution in [0.4, 0.5) is 8.78 Å². The van der Waals surface area contributed by atoms with Crippen molar-refractivity contribution >= 4 is 28.6 Å². The van der Waals surface area contributed by atoms with E-state index in [0.717, 1.165) is 33.5 Å². The van der Waals surface area contributed by atoms with Crippen LogP contribution in [0.3, 0.4) is 0 Å². The first-order valence-electron chi connectivity index (χ1n) is 10.9. The van der Waals surface area contributed by atoms with Crippen LogP contribution in [-0.4, -0.2) is 15.6 Å². The first-order chi connectivity index (χ1) is 14.7. The molecule has 6 heteroatoms. The molecule has 0 aliphatic carbocycles. The van der Waals surface area contributed by atoms with E-state index in [1.807, 2.05) is 38.3 Å². The lowest BCUT2D eigenvalue weighted by atomic mass is 9.96. The molecule has 2 aromatic rings. The highest BCUT2D eigenvalue weighted by Crippen LogP contribution is 2.47. The van der Waals surface area contributed by atoms with Crippen LogP contribution in [0, 0.1) is 5.82 Å². The Bertz CT molecular complexity index is 927. The number of aromatic nitrogens is 1. The lowest BCUT2D eigenvalue weighted by Gasteiger charge is -2.12. The number of nitrogens with zero attached hydrogens (tertiary/aromatic N) is 1. The van der Waals surface area contributed by atoms with Gasteiger partial charge in [0.05, 0.1) is 11.9 Å². The largest absolute Gasteiger partial charge is 0.481 e. The normalized spacial score (nSPS) is 15.1. The first kappa shape index (κ1) is 27.0. The Kier molecular flexibility index (Phi) is 11.0. The molecule has 1 N–H and O–H groups in total. The van der Waals surface area contributed by atoms with E-state index in [2.05, 4.69) is 13.5 Å². The van der Waals surface area contributed by atoms with Gasteiger partial charge < -0.3 is 9.67 Å². The molecule has 1 aliphatic heterocycles. The van der Waals surface area contributed by atoms with Gasteiger partial charge in [0.25, 0.3) is 0 Å². The summed E-state index contributed by atoms with van der Waals surface area (Å²) in [5.41, 5.74) is 2.55. The van der Waals surface area contributed by atoms with Gasteiger partial charge in [-0.2, -0.15) is 0 Å². The molecule has 3 rings (SSSR count). The third kappa shape index (κ3) is 6.70. The van der Waals surface area contributed by atoms with Crippen molar-refractivity contribution in [1.82, 2.24) is 4.57 Å². The molecule has 0 radical (unpaired) electrons. The van der Waals surface area contributed by atoms with Crippen LogP contribution < -0.4 is 0 Å². The lowest BCUT2D eigenvalue weighted by molar-refractivity contribution is -0.137. The van der Waals surface area contributed by atoms with Crippen LogP contribution in [0.1, 0.15) is 83.9 Å². The van der Waals surface area contributed by atoms with Gasteiger partial charge >= 0.3 is 5.97 Å². The van der Waals surface area contributed by atoms with E-state index in [4.69, 9.17) is 0 Å². The first-order valence-corrected chi connectivity index (χ1v) is 11.8. The Labute approximate surface area is 189 Å². The van der Waals surface area contributed by atoms with Crippen molar-refractivity contribution in [3.05, 3.63) is 53.1 Å². The summed E-state index contributed by atoms with van der Waals surface area (Å²) in [4.78, 5) is 12.1. The van der Waals surface area contributed by atoms with Gasteiger partial charge in [0.2, 0.25) is 0 Å². The summed E-state index contributed by atoms with van der Waals surface area (Å²) in [7, 11) is 0. The number of allylic oxidation sites excluding steroid dienone is 2. The molecule has 0 saturated heterocycles. The topological polar surface area (TPSA) is 42.2 Å². The fraction of sp³-hybridized carbons (Fsp3) is 0.480. The zero-order valence-corrected chi connectivity index (χ0v) is 20.3. The van der Waals surface area contributed by atoms with Gasteiger partial charge in [0, 0.05) is 33.8 Å². The van der Waals surface area contributed by atoms with Crippen LogP contribution in [0.15, 0.2) is 40.9 Å². The van der Waals surface area contributed by atoms with E-state index in [9.17, 15) is 18.7 Å². The standard InChI is InChI=1S/C19H21F2NO2S.C4H8.C2H6/c1-10(2)14-7-13(21)8-15-17(14)19(25-9-11(3)20)18-12(6-16(23)24)4-5-22(15)18;1-3-4-2;1-2/h7-10,12H,4-6H2,1-3H3,(H,23,24);3H,1,4H2,2H3;1-2H3/b11-9-;;. The molecule has 0 fully saturated rings. The van der Waals surface area contributed by atoms with E-state index in [1.165, 1.54) is 36.2 Å². The van der Waals surface area contributed by atoms with Crippen molar-refractivity contribution < 1.29 is 18.7 Å². The number of carboxylic acids is 1. The minimum Gasteiger partial charge on any atom is -0.481 e. The molecule has 1 unspecified atom stereocenters. The summed E-state index contributed by atoms with van der Waals surface area (Å²) in [6, 6.07) is 3.04. The molecule has 3 nitrogen and oxygen atoms in total. The second kappa shape index (κ2) is 12.7. The molecule has 1 aliphatic rings. The summed E-state index contributed by atoms with van der Waals surface area (Å²) >= 11 is 1.27. The quantitative estimate of drug-likeness (QED) is 0.354. The smallest absolute Gasteiger partial charge is 0.304 e. The summed E-state index contributed by atoms with van der Waals surface area (Å²) < 4.78 is 29.5. The molecular formula is C25H35F2NO2S. The van der Waals surface area contributed by atoms with Crippen molar-refractivity contribution in [2.75, 3.05) is 0 Å². The minimum absolute atomic E-state index is 0.0295. The highest BCUT2D eigenvalue weighted by molar-refractivity contribution is 8.02. The number of halogens is 2. The average molecular weight is 452 g/mol. The molecule has 1 atom stereocenters. The maximum Gasteiger partial charge on any atom is 0.304 e. The Morgan fingerprint density at radius 1 is 1.39 bits per heavy atom. The molecule has 0 spiro atoms. The number of carboxylic acid groups (broad SMARTS) is 1. The number of thioether (sulfide) groups is 1. The molecule has 0 amide bonds. The maximum atomic E-state index is 14.2. The van der Waals surface area contributed by atoms with E-state index < -0.39 is 5.97 Å². The molecule has 1 aromatic heterocycles. The highest BCUT2D eigenvalue weighted by atomic mass is 32.2. The second-order valence-corrected chi connectivity index (χ2v) is 8.39. The van der Waals surface area contributed by atoms with Crippen molar-refractivity contribution in [2.45, 2.75) is 84.1 Å². The minimum atomic E-state index is -0.855. The monoisotopic (exact) mass is 451 g/mol. The predicted octanol–water partition coefficient (Wildman–Crippen LogP) is 8.40. The number of aliphatic carboxylic acids is 1. The molecule has 0 saturated carbocycles. The van der Waals surface area contributed by atoms with Gasteiger partial charge in [-0.05, 0) is 43.4 Å². The fourth-order valence-corrected chi connectivity index (χ4v) is 4.66. The zero-order chi connectivity index (χ0) is 23.7. The Morgan fingerprint density at radius 3 is 2.48 bits per heavy atom. The van der Waals surface area contributed by atoms with Crippen molar-refractivity contribution in [1.29, 1.82) is 0 Å². The average Bonchev–Trinajstić information content (AvgIpc) is 3.25. The third-order valence-electron chi connectivity index (χ3n) is 4.91. The van der Waals surface area contributed by atoms with Crippen LogP contribution in [0.2, 0.25) is 0 Å².